The van der Waals surface area contributed by atoms with Crippen molar-refractivity contribution in [1.29, 1.82) is 0 Å². The van der Waals surface area contributed by atoms with Crippen LogP contribution in [0.15, 0.2) is 42.6 Å². The molecule has 0 bridgehead atoms. The van der Waals surface area contributed by atoms with E-state index in [1.807, 2.05) is 50.2 Å². The number of benzene rings is 1. The van der Waals surface area contributed by atoms with Crippen LogP contribution in [0, 0.1) is 13.8 Å². The molecular weight excluding hydrogens is 252 g/mol. The van der Waals surface area contributed by atoms with Crippen LogP contribution in [0.2, 0.25) is 0 Å². The van der Waals surface area contributed by atoms with Crippen molar-refractivity contribution in [3.05, 3.63) is 53.7 Å². The molecule has 0 spiro atoms. The number of aromatic nitrogens is 1. The first-order valence-electron chi connectivity index (χ1n) is 6.52. The highest BCUT2D eigenvalue weighted by atomic mass is 16.5. The van der Waals surface area contributed by atoms with E-state index in [4.69, 9.17) is 4.74 Å². The molecule has 1 aromatic carbocycles. The molecule has 4 heteroatoms. The van der Waals surface area contributed by atoms with Gasteiger partial charge < -0.3 is 10.1 Å². The standard InChI is InChI=1S/C16H18N2O2/c1-11-8-9-17-15(10-11)18-16(19)13(3)20-14-7-5-4-6-12(14)2/h4-10,13H,1-3H3,(H,17,18,19). The molecular formula is C16H18N2O2. The average molecular weight is 270 g/mol. The third kappa shape index (κ3) is 3.57. The molecule has 0 saturated heterocycles. The van der Waals surface area contributed by atoms with Crippen LogP contribution in [0.3, 0.4) is 0 Å². The second-order valence-electron chi connectivity index (χ2n) is 4.73. The number of hydrogen-bond acceptors (Lipinski definition) is 3. The van der Waals surface area contributed by atoms with Gasteiger partial charge in [0.1, 0.15) is 11.6 Å². The molecule has 1 aromatic heterocycles. The van der Waals surface area contributed by atoms with E-state index in [1.165, 1.54) is 0 Å². The zero-order valence-corrected chi connectivity index (χ0v) is 11.9. The Labute approximate surface area is 118 Å². The van der Waals surface area contributed by atoms with E-state index in [-0.39, 0.29) is 5.91 Å². The number of anilines is 1. The van der Waals surface area contributed by atoms with Gasteiger partial charge in [0.15, 0.2) is 6.10 Å². The lowest BCUT2D eigenvalue weighted by Crippen LogP contribution is -2.30. The molecule has 1 unspecified atom stereocenters. The number of carbonyl (C=O) groups is 1. The second-order valence-corrected chi connectivity index (χ2v) is 4.73. The Bertz CT molecular complexity index is 611. The fraction of sp³-hybridized carbons (Fsp3) is 0.250. The molecule has 0 aliphatic heterocycles. The lowest BCUT2D eigenvalue weighted by atomic mass is 10.2. The van der Waals surface area contributed by atoms with E-state index in [0.29, 0.717) is 11.6 Å². The van der Waals surface area contributed by atoms with Crippen molar-refractivity contribution >= 4 is 11.7 Å². The van der Waals surface area contributed by atoms with E-state index in [1.54, 1.807) is 13.1 Å². The third-order valence-corrected chi connectivity index (χ3v) is 2.93. The molecule has 1 atom stereocenters. The van der Waals surface area contributed by atoms with Crippen molar-refractivity contribution in [2.24, 2.45) is 0 Å². The number of ether oxygens (including phenoxy) is 1. The van der Waals surface area contributed by atoms with Crippen LogP contribution in [0.5, 0.6) is 5.75 Å². The van der Waals surface area contributed by atoms with Crippen molar-refractivity contribution < 1.29 is 9.53 Å². The number of pyridine rings is 1. The lowest BCUT2D eigenvalue weighted by Gasteiger charge is -2.15. The fourth-order valence-electron chi connectivity index (χ4n) is 1.77. The highest BCUT2D eigenvalue weighted by Crippen LogP contribution is 2.18. The Morgan fingerprint density at radius 2 is 2.00 bits per heavy atom. The van der Waals surface area contributed by atoms with Crippen LogP contribution in [-0.4, -0.2) is 17.0 Å². The normalized spacial score (nSPS) is 11.8. The van der Waals surface area contributed by atoms with Gasteiger partial charge in [-0.25, -0.2) is 4.98 Å². The molecule has 1 heterocycles. The van der Waals surface area contributed by atoms with Gasteiger partial charge in [-0.05, 0) is 50.1 Å². The van der Waals surface area contributed by atoms with Crippen molar-refractivity contribution in [2.75, 3.05) is 5.32 Å². The Balaban J connectivity index is 2.01. The summed E-state index contributed by atoms with van der Waals surface area (Å²) in [7, 11) is 0. The van der Waals surface area contributed by atoms with Crippen LogP contribution < -0.4 is 10.1 Å². The van der Waals surface area contributed by atoms with Crippen LogP contribution in [0.4, 0.5) is 5.82 Å². The number of nitrogens with one attached hydrogen (secondary N) is 1. The molecule has 1 amide bonds. The molecule has 4 nitrogen and oxygen atoms in total. The van der Waals surface area contributed by atoms with Crippen LogP contribution in [0.1, 0.15) is 18.1 Å². The van der Waals surface area contributed by atoms with Gasteiger partial charge in [-0.3, -0.25) is 4.79 Å². The van der Waals surface area contributed by atoms with Gasteiger partial charge in [-0.15, -0.1) is 0 Å². The zero-order chi connectivity index (χ0) is 14.5. The number of carbonyl (C=O) groups excluding carboxylic acids is 1. The zero-order valence-electron chi connectivity index (χ0n) is 11.9. The highest BCUT2D eigenvalue weighted by molar-refractivity contribution is 5.93. The first kappa shape index (κ1) is 14.1. The number of nitrogens with zero attached hydrogens (tertiary/aromatic N) is 1. The predicted molar refractivity (Wildman–Crippen MR) is 78.9 cm³/mol. The maximum Gasteiger partial charge on any atom is 0.266 e. The molecule has 0 radical (unpaired) electrons. The van der Waals surface area contributed by atoms with Gasteiger partial charge in [0, 0.05) is 6.20 Å². The highest BCUT2D eigenvalue weighted by Gasteiger charge is 2.16. The van der Waals surface area contributed by atoms with Crippen LogP contribution in [0.25, 0.3) is 0 Å². The molecule has 2 aromatic rings. The maximum atomic E-state index is 12.1. The summed E-state index contributed by atoms with van der Waals surface area (Å²) in [6, 6.07) is 11.3. The Hall–Kier alpha value is -2.36. The SMILES string of the molecule is Cc1ccnc(NC(=O)C(C)Oc2ccccc2C)c1. The summed E-state index contributed by atoms with van der Waals surface area (Å²) < 4.78 is 5.67. The third-order valence-electron chi connectivity index (χ3n) is 2.93. The van der Waals surface area contributed by atoms with E-state index in [2.05, 4.69) is 10.3 Å². The Morgan fingerprint density at radius 1 is 1.25 bits per heavy atom. The number of aryl methyl sites for hydroxylation is 2. The molecule has 104 valence electrons. The molecule has 0 aliphatic rings. The Kier molecular flexibility index (Phi) is 4.35. The molecule has 0 saturated carbocycles. The lowest BCUT2D eigenvalue weighted by molar-refractivity contribution is -0.122. The summed E-state index contributed by atoms with van der Waals surface area (Å²) in [6.07, 6.45) is 1.08. The maximum absolute atomic E-state index is 12.1. The van der Waals surface area contributed by atoms with Crippen molar-refractivity contribution in [3.63, 3.8) is 0 Å². The quantitative estimate of drug-likeness (QED) is 0.928. The van der Waals surface area contributed by atoms with Gasteiger partial charge in [-0.2, -0.15) is 0 Å². The van der Waals surface area contributed by atoms with Crippen LogP contribution in [-0.2, 0) is 4.79 Å². The Morgan fingerprint density at radius 3 is 2.70 bits per heavy atom. The fourth-order valence-corrected chi connectivity index (χ4v) is 1.77. The minimum absolute atomic E-state index is 0.216. The summed E-state index contributed by atoms with van der Waals surface area (Å²) in [5, 5.41) is 2.75. The van der Waals surface area contributed by atoms with Gasteiger partial charge in [-0.1, -0.05) is 18.2 Å². The minimum Gasteiger partial charge on any atom is -0.481 e. The predicted octanol–water partition coefficient (Wildman–Crippen LogP) is 3.10. The number of rotatable bonds is 4. The van der Waals surface area contributed by atoms with E-state index in [0.717, 1.165) is 11.1 Å². The van der Waals surface area contributed by atoms with E-state index >= 15 is 0 Å². The molecule has 2 rings (SSSR count). The van der Waals surface area contributed by atoms with Crippen molar-refractivity contribution in [3.8, 4) is 5.75 Å². The first-order valence-corrected chi connectivity index (χ1v) is 6.52. The summed E-state index contributed by atoms with van der Waals surface area (Å²) >= 11 is 0. The molecule has 1 N–H and O–H groups in total. The topological polar surface area (TPSA) is 51.2 Å². The summed E-state index contributed by atoms with van der Waals surface area (Å²) in [6.45, 7) is 5.62. The second kappa shape index (κ2) is 6.19. The van der Waals surface area contributed by atoms with Gasteiger partial charge >= 0.3 is 0 Å². The van der Waals surface area contributed by atoms with Gasteiger partial charge in [0.05, 0.1) is 0 Å². The molecule has 0 aliphatic carbocycles. The monoisotopic (exact) mass is 270 g/mol. The summed E-state index contributed by atoms with van der Waals surface area (Å²) in [4.78, 5) is 16.2. The number of hydrogen-bond donors (Lipinski definition) is 1. The van der Waals surface area contributed by atoms with Crippen LogP contribution >= 0.6 is 0 Å². The summed E-state index contributed by atoms with van der Waals surface area (Å²) in [5.41, 5.74) is 2.05. The largest absolute Gasteiger partial charge is 0.481 e. The van der Waals surface area contributed by atoms with Crippen molar-refractivity contribution in [1.82, 2.24) is 4.98 Å². The first-order chi connectivity index (χ1) is 9.56. The minimum atomic E-state index is -0.585. The van der Waals surface area contributed by atoms with E-state index < -0.39 is 6.10 Å². The van der Waals surface area contributed by atoms with Crippen molar-refractivity contribution in [2.45, 2.75) is 26.9 Å². The number of amides is 1. The van der Waals surface area contributed by atoms with Gasteiger partial charge in [0.25, 0.3) is 5.91 Å². The van der Waals surface area contributed by atoms with E-state index in [9.17, 15) is 4.79 Å². The average Bonchev–Trinajstić information content (AvgIpc) is 2.41. The molecule has 0 fully saturated rings. The smallest absolute Gasteiger partial charge is 0.266 e. The van der Waals surface area contributed by atoms with Gasteiger partial charge in [0.2, 0.25) is 0 Å². The summed E-state index contributed by atoms with van der Waals surface area (Å²) in [5.74, 6) is 1.04. The number of para-hydroxylation sites is 1. The molecule has 20 heavy (non-hydrogen) atoms.